The van der Waals surface area contributed by atoms with Gasteiger partial charge in [-0.2, -0.15) is 0 Å². The summed E-state index contributed by atoms with van der Waals surface area (Å²) in [5.74, 6) is 0.420. The fourth-order valence-electron chi connectivity index (χ4n) is 3.56. The second-order valence-corrected chi connectivity index (χ2v) is 7.20. The summed E-state index contributed by atoms with van der Waals surface area (Å²) in [4.78, 5) is 15.0. The topological polar surface area (TPSA) is 32.3 Å². The van der Waals surface area contributed by atoms with Crippen molar-refractivity contribution in [3.05, 3.63) is 35.6 Å². The summed E-state index contributed by atoms with van der Waals surface area (Å²) in [5.41, 5.74) is 0.626. The number of halogens is 1. The SMILES string of the molecule is CC1CN(C)CCC1NC(=O)C1(Cc2cccc(F)c2)CC1. The fourth-order valence-corrected chi connectivity index (χ4v) is 3.56. The van der Waals surface area contributed by atoms with Crippen molar-refractivity contribution in [2.45, 2.75) is 38.6 Å². The number of nitrogens with zero attached hydrogens (tertiary/aromatic N) is 1. The number of nitrogens with one attached hydrogen (secondary N) is 1. The molecule has 22 heavy (non-hydrogen) atoms. The normalized spacial score (nSPS) is 27.4. The van der Waals surface area contributed by atoms with Crippen LogP contribution in [0, 0.1) is 17.2 Å². The van der Waals surface area contributed by atoms with Gasteiger partial charge in [0.05, 0.1) is 5.41 Å². The average Bonchev–Trinajstić information content (AvgIpc) is 3.23. The van der Waals surface area contributed by atoms with Crippen molar-refractivity contribution < 1.29 is 9.18 Å². The predicted molar refractivity (Wildman–Crippen MR) is 85.0 cm³/mol. The number of carbonyl (C=O) groups excluding carboxylic acids is 1. The molecule has 1 amide bonds. The molecule has 3 nitrogen and oxygen atoms in total. The molecule has 0 bridgehead atoms. The zero-order valence-corrected chi connectivity index (χ0v) is 13.4. The summed E-state index contributed by atoms with van der Waals surface area (Å²) < 4.78 is 13.3. The third kappa shape index (κ3) is 3.32. The molecule has 4 heteroatoms. The lowest BCUT2D eigenvalue weighted by Crippen LogP contribution is -2.50. The van der Waals surface area contributed by atoms with Gasteiger partial charge in [0.15, 0.2) is 0 Å². The molecule has 1 N–H and O–H groups in total. The van der Waals surface area contributed by atoms with Crippen LogP contribution in [0.5, 0.6) is 0 Å². The van der Waals surface area contributed by atoms with Crippen LogP contribution in [0.3, 0.4) is 0 Å². The maximum atomic E-state index is 13.3. The summed E-state index contributed by atoms with van der Waals surface area (Å²) in [7, 11) is 2.13. The van der Waals surface area contributed by atoms with E-state index >= 15 is 0 Å². The van der Waals surface area contributed by atoms with Crippen molar-refractivity contribution in [1.82, 2.24) is 10.2 Å². The molecule has 0 aromatic heterocycles. The number of hydrogen-bond donors (Lipinski definition) is 1. The molecule has 1 saturated heterocycles. The Kier molecular flexibility index (Phi) is 4.22. The fraction of sp³-hybridized carbons (Fsp3) is 0.611. The van der Waals surface area contributed by atoms with Crippen LogP contribution in [-0.4, -0.2) is 37.0 Å². The van der Waals surface area contributed by atoms with Gasteiger partial charge < -0.3 is 10.2 Å². The van der Waals surface area contributed by atoms with Crippen LogP contribution < -0.4 is 5.32 Å². The Morgan fingerprint density at radius 2 is 2.23 bits per heavy atom. The first-order valence-corrected chi connectivity index (χ1v) is 8.22. The lowest BCUT2D eigenvalue weighted by molar-refractivity contribution is -0.127. The Balaban J connectivity index is 1.62. The van der Waals surface area contributed by atoms with Crippen molar-refractivity contribution >= 4 is 5.91 Å². The minimum Gasteiger partial charge on any atom is -0.353 e. The highest BCUT2D eigenvalue weighted by atomic mass is 19.1. The lowest BCUT2D eigenvalue weighted by Gasteiger charge is -2.36. The first kappa shape index (κ1) is 15.5. The quantitative estimate of drug-likeness (QED) is 0.927. The van der Waals surface area contributed by atoms with E-state index in [2.05, 4.69) is 24.2 Å². The molecule has 120 valence electrons. The summed E-state index contributed by atoms with van der Waals surface area (Å²) in [6, 6.07) is 6.90. The molecular weight excluding hydrogens is 279 g/mol. The summed E-state index contributed by atoms with van der Waals surface area (Å²) >= 11 is 0. The van der Waals surface area contributed by atoms with Gasteiger partial charge >= 0.3 is 0 Å². The second kappa shape index (κ2) is 5.99. The molecule has 2 unspecified atom stereocenters. The van der Waals surface area contributed by atoms with Crippen LogP contribution in [0.1, 0.15) is 31.7 Å². The van der Waals surface area contributed by atoms with E-state index in [0.717, 1.165) is 37.9 Å². The molecule has 2 fully saturated rings. The van der Waals surface area contributed by atoms with Crippen LogP contribution in [0.15, 0.2) is 24.3 Å². The third-order valence-electron chi connectivity index (χ3n) is 5.19. The molecule has 0 radical (unpaired) electrons. The van der Waals surface area contributed by atoms with Crippen LogP contribution >= 0.6 is 0 Å². The average molecular weight is 304 g/mol. The van der Waals surface area contributed by atoms with Crippen molar-refractivity contribution in [3.63, 3.8) is 0 Å². The molecule has 1 heterocycles. The first-order chi connectivity index (χ1) is 10.5. The van der Waals surface area contributed by atoms with Crippen molar-refractivity contribution in [2.24, 2.45) is 11.3 Å². The summed E-state index contributed by atoms with van der Waals surface area (Å²) in [5, 5.41) is 3.27. The zero-order valence-electron chi connectivity index (χ0n) is 13.4. The van der Waals surface area contributed by atoms with Gasteiger partial charge in [-0.25, -0.2) is 4.39 Å². The van der Waals surface area contributed by atoms with E-state index in [1.54, 1.807) is 12.1 Å². The first-order valence-electron chi connectivity index (χ1n) is 8.22. The zero-order chi connectivity index (χ0) is 15.7. The summed E-state index contributed by atoms with van der Waals surface area (Å²) in [6.45, 7) is 4.26. The van der Waals surface area contributed by atoms with Gasteiger partial charge in [-0.15, -0.1) is 0 Å². The number of carbonyl (C=O) groups is 1. The van der Waals surface area contributed by atoms with Crippen molar-refractivity contribution in [3.8, 4) is 0 Å². The molecule has 2 aliphatic rings. The molecule has 3 rings (SSSR count). The van der Waals surface area contributed by atoms with E-state index in [1.807, 2.05) is 6.07 Å². The number of amides is 1. The van der Waals surface area contributed by atoms with Gasteiger partial charge in [-0.1, -0.05) is 19.1 Å². The lowest BCUT2D eigenvalue weighted by atomic mass is 9.91. The third-order valence-corrected chi connectivity index (χ3v) is 5.19. The van der Waals surface area contributed by atoms with Gasteiger partial charge in [-0.3, -0.25) is 4.79 Å². The maximum absolute atomic E-state index is 13.3. The molecule has 0 spiro atoms. The highest BCUT2D eigenvalue weighted by Gasteiger charge is 2.50. The second-order valence-electron chi connectivity index (χ2n) is 7.20. The van der Waals surface area contributed by atoms with Crippen LogP contribution in [0.25, 0.3) is 0 Å². The van der Waals surface area contributed by atoms with E-state index in [1.165, 1.54) is 6.07 Å². The Morgan fingerprint density at radius 1 is 1.45 bits per heavy atom. The van der Waals surface area contributed by atoms with Gasteiger partial charge in [0.2, 0.25) is 5.91 Å². The number of piperidine rings is 1. The highest BCUT2D eigenvalue weighted by Crippen LogP contribution is 2.49. The van der Waals surface area contributed by atoms with E-state index in [9.17, 15) is 9.18 Å². The molecule has 1 aliphatic carbocycles. The monoisotopic (exact) mass is 304 g/mol. The Hall–Kier alpha value is -1.42. The van der Waals surface area contributed by atoms with E-state index < -0.39 is 0 Å². The molecule has 1 saturated carbocycles. The van der Waals surface area contributed by atoms with Crippen LogP contribution in [0.4, 0.5) is 4.39 Å². The Morgan fingerprint density at radius 3 is 2.86 bits per heavy atom. The van der Waals surface area contributed by atoms with Gasteiger partial charge in [0.25, 0.3) is 0 Å². The van der Waals surface area contributed by atoms with Crippen LogP contribution in [0.2, 0.25) is 0 Å². The van der Waals surface area contributed by atoms with Crippen molar-refractivity contribution in [2.75, 3.05) is 20.1 Å². The molecule has 1 aromatic rings. The summed E-state index contributed by atoms with van der Waals surface area (Å²) in [6.07, 6.45) is 3.49. The van der Waals surface area contributed by atoms with Gasteiger partial charge in [-0.05, 0) is 62.9 Å². The Bertz CT molecular complexity index is 556. The number of likely N-dealkylation sites (tertiary alicyclic amines) is 1. The van der Waals surface area contributed by atoms with E-state index in [-0.39, 0.29) is 23.2 Å². The highest BCUT2D eigenvalue weighted by molar-refractivity contribution is 5.85. The minimum atomic E-state index is -0.295. The Labute approximate surface area is 131 Å². The van der Waals surface area contributed by atoms with Crippen LogP contribution in [-0.2, 0) is 11.2 Å². The van der Waals surface area contributed by atoms with Gasteiger partial charge in [0, 0.05) is 12.6 Å². The van der Waals surface area contributed by atoms with E-state index in [0.29, 0.717) is 12.3 Å². The standard InChI is InChI=1S/C18H25FN2O/c1-13-12-21(2)9-6-16(13)20-17(22)18(7-8-18)11-14-4-3-5-15(19)10-14/h3-5,10,13,16H,6-9,11-12H2,1-2H3,(H,20,22). The minimum absolute atomic E-state index is 0.165. The molecular formula is C18H25FN2O. The van der Waals surface area contributed by atoms with Crippen molar-refractivity contribution in [1.29, 1.82) is 0 Å². The molecule has 1 aromatic carbocycles. The van der Waals surface area contributed by atoms with Gasteiger partial charge in [0.1, 0.15) is 5.82 Å². The number of benzene rings is 1. The molecule has 2 atom stereocenters. The maximum Gasteiger partial charge on any atom is 0.226 e. The molecule has 1 aliphatic heterocycles. The van der Waals surface area contributed by atoms with E-state index in [4.69, 9.17) is 0 Å². The predicted octanol–water partition coefficient (Wildman–Crippen LogP) is 2.60. The smallest absolute Gasteiger partial charge is 0.226 e. The number of rotatable bonds is 4. The largest absolute Gasteiger partial charge is 0.353 e. The number of hydrogen-bond acceptors (Lipinski definition) is 2.